The Bertz CT molecular complexity index is 164. The summed E-state index contributed by atoms with van der Waals surface area (Å²) in [5.74, 6) is 0.385. The van der Waals surface area contributed by atoms with Crippen molar-refractivity contribution in [3.8, 4) is 0 Å². The van der Waals surface area contributed by atoms with Crippen LogP contribution < -0.4 is 0 Å². The fourth-order valence-corrected chi connectivity index (χ4v) is 3.38. The highest BCUT2D eigenvalue weighted by molar-refractivity contribution is 8.14. The van der Waals surface area contributed by atoms with Gasteiger partial charge in [0, 0.05) is 12.6 Å². The van der Waals surface area contributed by atoms with Crippen molar-refractivity contribution < 1.29 is 4.79 Å². The Labute approximate surface area is 54.5 Å². The van der Waals surface area contributed by atoms with Gasteiger partial charge >= 0.3 is 0 Å². The van der Waals surface area contributed by atoms with E-state index in [0.29, 0.717) is 5.78 Å². The van der Waals surface area contributed by atoms with Crippen LogP contribution in [0.1, 0.15) is 6.42 Å². The minimum atomic E-state index is -1.12. The summed E-state index contributed by atoms with van der Waals surface area (Å²) in [6, 6.07) is -1.12. The molecule has 0 radical (unpaired) electrons. The third kappa shape index (κ3) is 1.40. The summed E-state index contributed by atoms with van der Waals surface area (Å²) in [5, 5.41) is 0. The van der Waals surface area contributed by atoms with E-state index in [1.54, 1.807) is 0 Å². The smallest absolute Gasteiger partial charge is 0.138 e. The first-order chi connectivity index (χ1) is 3.60. The van der Waals surface area contributed by atoms with E-state index in [2.05, 4.69) is 6.66 Å². The molecule has 0 aliphatic carbocycles. The molecule has 8 heavy (non-hydrogen) atoms. The van der Waals surface area contributed by atoms with Crippen molar-refractivity contribution in [1.29, 1.82) is 0 Å². The number of carbonyl (C=O) groups is 1. The Morgan fingerprint density at radius 2 is 2.38 bits per heavy atom. The Morgan fingerprint density at radius 3 is 2.50 bits per heavy atom. The van der Waals surface area contributed by atoms with Crippen LogP contribution >= 0.6 is 6.04 Å². The molecule has 0 aromatic carbocycles. The lowest BCUT2D eigenvalue weighted by atomic mass is 10.4. The minimum absolute atomic E-state index is 0.385. The van der Waals surface area contributed by atoms with Crippen molar-refractivity contribution in [3.63, 3.8) is 0 Å². The Morgan fingerprint density at radius 1 is 1.75 bits per heavy atom. The second kappa shape index (κ2) is 1.93. The highest BCUT2D eigenvalue weighted by Crippen LogP contribution is 2.46. The minimum Gasteiger partial charge on any atom is -0.299 e. The predicted molar refractivity (Wildman–Crippen MR) is 39.6 cm³/mol. The molecule has 1 atom stereocenters. The number of hydrogen-bond donors (Lipinski definition) is 0. The molecule has 1 aliphatic heterocycles. The van der Waals surface area contributed by atoms with E-state index in [9.17, 15) is 4.79 Å². The summed E-state index contributed by atoms with van der Waals surface area (Å²) < 4.78 is 0. The van der Waals surface area contributed by atoms with Gasteiger partial charge in [0.25, 0.3) is 0 Å². The Balaban J connectivity index is 2.70. The van der Waals surface area contributed by atoms with Crippen molar-refractivity contribution in [2.75, 3.05) is 19.0 Å². The Kier molecular flexibility index (Phi) is 1.55. The van der Waals surface area contributed by atoms with Crippen molar-refractivity contribution in [2.45, 2.75) is 6.42 Å². The predicted octanol–water partition coefficient (Wildman–Crippen LogP) is 1.07. The van der Waals surface area contributed by atoms with Gasteiger partial charge < -0.3 is 0 Å². The van der Waals surface area contributed by atoms with Crippen LogP contribution in [0.3, 0.4) is 0 Å². The van der Waals surface area contributed by atoms with Crippen LogP contribution in [-0.4, -0.2) is 24.8 Å². The van der Waals surface area contributed by atoms with Crippen LogP contribution in [0.2, 0.25) is 0 Å². The molecule has 0 N–H and O–H groups in total. The molecule has 0 spiro atoms. The third-order valence-corrected chi connectivity index (χ3v) is 4.50. The summed E-state index contributed by atoms with van der Waals surface area (Å²) in [6.45, 7) is 2.08. The first-order valence-electron chi connectivity index (χ1n) is 2.67. The molecule has 0 amide bonds. The van der Waals surface area contributed by atoms with Crippen molar-refractivity contribution in [1.82, 2.24) is 0 Å². The van der Waals surface area contributed by atoms with Gasteiger partial charge in [-0.25, -0.2) is 0 Å². The van der Waals surface area contributed by atoms with Crippen LogP contribution in [0.25, 0.3) is 0 Å². The zero-order chi connectivity index (χ0) is 6.20. The first kappa shape index (κ1) is 6.44. The highest BCUT2D eigenvalue weighted by Gasteiger charge is 2.23. The zero-order valence-corrected chi connectivity index (χ0v) is 6.60. The molecule has 0 saturated carbocycles. The normalized spacial score (nSPS) is 38.4. The number of Topliss-reactive ketones (excluding diaryl/α,β-unsaturated/α-hetero) is 1. The van der Waals surface area contributed by atoms with E-state index in [-0.39, 0.29) is 0 Å². The fraction of sp³-hybridized carbons (Fsp3) is 0.800. The summed E-state index contributed by atoms with van der Waals surface area (Å²) in [7, 11) is 0. The Hall–Kier alpha value is 0.320. The largest absolute Gasteiger partial charge is 0.299 e. The van der Waals surface area contributed by atoms with E-state index in [0.717, 1.165) is 18.7 Å². The van der Waals surface area contributed by atoms with Gasteiger partial charge in [-0.15, -0.1) is 0 Å². The number of rotatable bonds is 0. The van der Waals surface area contributed by atoms with Gasteiger partial charge in [0.2, 0.25) is 0 Å². The van der Waals surface area contributed by atoms with E-state index < -0.39 is 6.04 Å². The monoisotopic (exact) mass is 148 g/mol. The average molecular weight is 148 g/mol. The van der Waals surface area contributed by atoms with Gasteiger partial charge in [-0.3, -0.25) is 4.79 Å². The molecular weight excluding hydrogens is 139 g/mol. The van der Waals surface area contributed by atoms with Gasteiger partial charge in [-0.05, 0) is 18.9 Å². The standard InChI is InChI=1S/C5H9OPS/c1-7(8)3-2-5(6)4-7/h2-4H2,1H3. The van der Waals surface area contributed by atoms with Crippen molar-refractivity contribution in [3.05, 3.63) is 0 Å². The third-order valence-electron chi connectivity index (χ3n) is 1.37. The van der Waals surface area contributed by atoms with Crippen LogP contribution in [0, 0.1) is 0 Å². The van der Waals surface area contributed by atoms with E-state index >= 15 is 0 Å². The van der Waals surface area contributed by atoms with Crippen molar-refractivity contribution >= 4 is 23.6 Å². The summed E-state index contributed by atoms with van der Waals surface area (Å²) in [5.41, 5.74) is 0. The quantitative estimate of drug-likeness (QED) is 0.478. The number of hydrogen-bond acceptors (Lipinski definition) is 2. The maximum absolute atomic E-state index is 10.6. The molecule has 1 saturated heterocycles. The highest BCUT2D eigenvalue weighted by atomic mass is 32.4. The molecule has 0 aromatic heterocycles. The number of carbonyl (C=O) groups excluding carboxylic acids is 1. The van der Waals surface area contributed by atoms with Gasteiger partial charge in [0.05, 0.1) is 0 Å². The van der Waals surface area contributed by atoms with E-state index in [1.807, 2.05) is 0 Å². The molecule has 0 bridgehead atoms. The number of ketones is 1. The summed E-state index contributed by atoms with van der Waals surface area (Å²) >= 11 is 5.18. The molecule has 3 heteroatoms. The molecule has 1 rings (SSSR count). The van der Waals surface area contributed by atoms with Crippen LogP contribution in [0.4, 0.5) is 0 Å². The first-order valence-corrected chi connectivity index (χ1v) is 6.29. The maximum atomic E-state index is 10.6. The van der Waals surface area contributed by atoms with Gasteiger partial charge in [0.15, 0.2) is 0 Å². The topological polar surface area (TPSA) is 17.1 Å². The lowest BCUT2D eigenvalue weighted by molar-refractivity contribution is -0.115. The summed E-state index contributed by atoms with van der Waals surface area (Å²) in [4.78, 5) is 10.6. The van der Waals surface area contributed by atoms with Crippen LogP contribution in [0.5, 0.6) is 0 Å². The molecule has 0 aromatic rings. The SMILES string of the molecule is CP1(=S)CCC(=O)C1. The second-order valence-corrected chi connectivity index (χ2v) is 8.47. The maximum Gasteiger partial charge on any atom is 0.138 e. The zero-order valence-electron chi connectivity index (χ0n) is 4.89. The second-order valence-electron chi connectivity index (χ2n) is 2.47. The van der Waals surface area contributed by atoms with Crippen LogP contribution in [-0.2, 0) is 16.6 Å². The molecule has 46 valence electrons. The fourth-order valence-electron chi connectivity index (χ4n) is 0.892. The van der Waals surface area contributed by atoms with Gasteiger partial charge in [-0.1, -0.05) is 11.8 Å². The average Bonchev–Trinajstić information content (AvgIpc) is 1.82. The van der Waals surface area contributed by atoms with Crippen LogP contribution in [0.15, 0.2) is 0 Å². The molecule has 1 aliphatic rings. The lowest BCUT2D eigenvalue weighted by Crippen LogP contribution is -1.90. The van der Waals surface area contributed by atoms with E-state index in [1.165, 1.54) is 0 Å². The van der Waals surface area contributed by atoms with E-state index in [4.69, 9.17) is 11.8 Å². The summed E-state index contributed by atoms with van der Waals surface area (Å²) in [6.07, 6.45) is 2.50. The van der Waals surface area contributed by atoms with Crippen molar-refractivity contribution in [2.24, 2.45) is 0 Å². The lowest BCUT2D eigenvalue weighted by Gasteiger charge is -2.00. The molecule has 1 nitrogen and oxygen atoms in total. The van der Waals surface area contributed by atoms with Gasteiger partial charge in [-0.2, -0.15) is 0 Å². The molecule has 1 fully saturated rings. The molecular formula is C5H9OPS. The van der Waals surface area contributed by atoms with Gasteiger partial charge in [0.1, 0.15) is 5.78 Å². The molecule has 1 heterocycles. The molecule has 1 unspecified atom stereocenters.